The number of hydrogen-bond acceptors (Lipinski definition) is 2. The summed E-state index contributed by atoms with van der Waals surface area (Å²) in [4.78, 5) is 0. The Hall–Kier alpha value is -0.340. The summed E-state index contributed by atoms with van der Waals surface area (Å²) in [5.74, 6) is 0.679. The monoisotopic (exact) mass is 211 g/mol. The summed E-state index contributed by atoms with van der Waals surface area (Å²) < 4.78 is 5.82. The summed E-state index contributed by atoms with van der Waals surface area (Å²) in [5.41, 5.74) is 1.32. The molecule has 1 fully saturated rings. The van der Waals surface area contributed by atoms with E-state index < -0.39 is 0 Å². The minimum absolute atomic E-state index is 0.383. The summed E-state index contributed by atoms with van der Waals surface area (Å²) in [6.45, 7) is 12.6. The van der Waals surface area contributed by atoms with E-state index in [9.17, 15) is 0 Å². The summed E-state index contributed by atoms with van der Waals surface area (Å²) in [5, 5.41) is 3.53. The van der Waals surface area contributed by atoms with Crippen molar-refractivity contribution < 1.29 is 4.74 Å². The van der Waals surface area contributed by atoms with E-state index in [4.69, 9.17) is 4.74 Å². The highest BCUT2D eigenvalue weighted by molar-refractivity contribution is 5.00. The van der Waals surface area contributed by atoms with Crippen molar-refractivity contribution in [3.8, 4) is 0 Å². The van der Waals surface area contributed by atoms with Crippen LogP contribution in [0.25, 0.3) is 0 Å². The molecule has 15 heavy (non-hydrogen) atoms. The molecule has 88 valence electrons. The normalized spacial score (nSPS) is 27.9. The minimum Gasteiger partial charge on any atom is -0.376 e. The van der Waals surface area contributed by atoms with Crippen LogP contribution in [0, 0.1) is 5.92 Å². The third-order valence-electron chi connectivity index (χ3n) is 3.32. The lowest BCUT2D eigenvalue weighted by Gasteiger charge is -2.27. The van der Waals surface area contributed by atoms with Crippen molar-refractivity contribution in [2.75, 3.05) is 13.2 Å². The number of rotatable bonds is 6. The predicted molar refractivity (Wildman–Crippen MR) is 65.0 cm³/mol. The van der Waals surface area contributed by atoms with Crippen molar-refractivity contribution in [3.05, 3.63) is 12.2 Å². The predicted octanol–water partition coefficient (Wildman–Crippen LogP) is 2.75. The lowest BCUT2D eigenvalue weighted by molar-refractivity contribution is 0.0613. The average Bonchev–Trinajstić information content (AvgIpc) is 2.63. The molecule has 0 bridgehead atoms. The highest BCUT2D eigenvalue weighted by Gasteiger charge is 2.31. The van der Waals surface area contributed by atoms with Crippen molar-refractivity contribution in [2.45, 2.75) is 52.2 Å². The SMILES string of the molecule is C=C(CC)CC(NCC)C1OCCC1C. The molecule has 0 aliphatic carbocycles. The smallest absolute Gasteiger partial charge is 0.0757 e. The van der Waals surface area contributed by atoms with E-state index in [0.29, 0.717) is 18.1 Å². The maximum atomic E-state index is 5.82. The van der Waals surface area contributed by atoms with Gasteiger partial charge in [0.15, 0.2) is 0 Å². The molecular formula is C13H25NO. The standard InChI is InChI=1S/C13H25NO/c1-5-10(3)9-12(14-6-2)13-11(4)7-8-15-13/h11-14H,3,5-9H2,1-2,4H3. The van der Waals surface area contributed by atoms with Crippen LogP contribution in [0.5, 0.6) is 0 Å². The zero-order valence-corrected chi connectivity index (χ0v) is 10.4. The van der Waals surface area contributed by atoms with Crippen LogP contribution in [-0.4, -0.2) is 25.3 Å². The maximum absolute atomic E-state index is 5.82. The quantitative estimate of drug-likeness (QED) is 0.682. The summed E-state index contributed by atoms with van der Waals surface area (Å²) in [6.07, 6.45) is 3.71. The maximum Gasteiger partial charge on any atom is 0.0757 e. The second-order valence-electron chi connectivity index (χ2n) is 4.57. The zero-order valence-electron chi connectivity index (χ0n) is 10.4. The van der Waals surface area contributed by atoms with Gasteiger partial charge in [-0.1, -0.05) is 32.9 Å². The third-order valence-corrected chi connectivity index (χ3v) is 3.32. The second kappa shape index (κ2) is 6.29. The first-order chi connectivity index (χ1) is 7.19. The lowest BCUT2D eigenvalue weighted by atomic mass is 9.92. The molecule has 2 heteroatoms. The van der Waals surface area contributed by atoms with E-state index in [1.807, 2.05) is 0 Å². The first-order valence-corrected chi connectivity index (χ1v) is 6.20. The van der Waals surface area contributed by atoms with Gasteiger partial charge in [-0.2, -0.15) is 0 Å². The molecule has 0 aromatic carbocycles. The van der Waals surface area contributed by atoms with Gasteiger partial charge in [-0.15, -0.1) is 0 Å². The molecule has 1 heterocycles. The topological polar surface area (TPSA) is 21.3 Å². The second-order valence-corrected chi connectivity index (χ2v) is 4.57. The molecule has 3 unspecified atom stereocenters. The van der Waals surface area contributed by atoms with Crippen molar-refractivity contribution >= 4 is 0 Å². The lowest BCUT2D eigenvalue weighted by Crippen LogP contribution is -2.42. The summed E-state index contributed by atoms with van der Waals surface area (Å²) >= 11 is 0. The molecular weight excluding hydrogens is 186 g/mol. The van der Waals surface area contributed by atoms with Crippen LogP contribution in [0.15, 0.2) is 12.2 Å². The number of hydrogen-bond donors (Lipinski definition) is 1. The van der Waals surface area contributed by atoms with E-state index in [1.54, 1.807) is 0 Å². The average molecular weight is 211 g/mol. The van der Waals surface area contributed by atoms with Gasteiger partial charge in [-0.25, -0.2) is 0 Å². The summed E-state index contributed by atoms with van der Waals surface area (Å²) in [6, 6.07) is 0.458. The van der Waals surface area contributed by atoms with Crippen molar-refractivity contribution in [3.63, 3.8) is 0 Å². The van der Waals surface area contributed by atoms with Gasteiger partial charge in [0.2, 0.25) is 0 Å². The van der Waals surface area contributed by atoms with Gasteiger partial charge in [-0.05, 0) is 31.7 Å². The molecule has 1 saturated heterocycles. The van der Waals surface area contributed by atoms with Gasteiger partial charge in [0.25, 0.3) is 0 Å². The van der Waals surface area contributed by atoms with E-state index in [0.717, 1.165) is 26.0 Å². The van der Waals surface area contributed by atoms with Gasteiger partial charge in [0.05, 0.1) is 6.10 Å². The van der Waals surface area contributed by atoms with E-state index in [-0.39, 0.29) is 0 Å². The zero-order chi connectivity index (χ0) is 11.3. The molecule has 0 aromatic heterocycles. The molecule has 0 aromatic rings. The van der Waals surface area contributed by atoms with Crippen LogP contribution in [0.4, 0.5) is 0 Å². The fourth-order valence-corrected chi connectivity index (χ4v) is 2.25. The van der Waals surface area contributed by atoms with Crippen LogP contribution in [0.1, 0.15) is 40.0 Å². The van der Waals surface area contributed by atoms with Crippen LogP contribution in [0.3, 0.4) is 0 Å². The minimum atomic E-state index is 0.383. The fraction of sp³-hybridized carbons (Fsp3) is 0.846. The Bertz CT molecular complexity index is 203. The first-order valence-electron chi connectivity index (χ1n) is 6.20. The molecule has 1 N–H and O–H groups in total. The van der Waals surface area contributed by atoms with Gasteiger partial charge in [0.1, 0.15) is 0 Å². The van der Waals surface area contributed by atoms with Crippen molar-refractivity contribution in [1.29, 1.82) is 0 Å². The van der Waals surface area contributed by atoms with E-state index in [1.165, 1.54) is 12.0 Å². The van der Waals surface area contributed by atoms with Crippen molar-refractivity contribution in [2.24, 2.45) is 5.92 Å². The van der Waals surface area contributed by atoms with Gasteiger partial charge in [-0.3, -0.25) is 0 Å². The van der Waals surface area contributed by atoms with Crippen molar-refractivity contribution in [1.82, 2.24) is 5.32 Å². The van der Waals surface area contributed by atoms with Gasteiger partial charge >= 0.3 is 0 Å². The largest absolute Gasteiger partial charge is 0.376 e. The van der Waals surface area contributed by atoms with Crippen LogP contribution in [0.2, 0.25) is 0 Å². The Morgan fingerprint density at radius 3 is 2.73 bits per heavy atom. The molecule has 1 aliphatic rings. The Morgan fingerprint density at radius 1 is 1.53 bits per heavy atom. The Morgan fingerprint density at radius 2 is 2.27 bits per heavy atom. The van der Waals surface area contributed by atoms with E-state index >= 15 is 0 Å². The molecule has 0 saturated carbocycles. The van der Waals surface area contributed by atoms with Crippen LogP contribution >= 0.6 is 0 Å². The number of likely N-dealkylation sites (N-methyl/N-ethyl adjacent to an activating group) is 1. The molecule has 0 amide bonds. The molecule has 0 spiro atoms. The molecule has 0 radical (unpaired) electrons. The van der Waals surface area contributed by atoms with Crippen LogP contribution in [-0.2, 0) is 4.74 Å². The highest BCUT2D eigenvalue weighted by Crippen LogP contribution is 2.26. The molecule has 3 atom stereocenters. The van der Waals surface area contributed by atoms with E-state index in [2.05, 4.69) is 32.7 Å². The molecule has 1 aliphatic heterocycles. The number of nitrogens with one attached hydrogen (secondary N) is 1. The van der Waals surface area contributed by atoms with Gasteiger partial charge in [0, 0.05) is 12.6 Å². The molecule has 2 nitrogen and oxygen atoms in total. The third kappa shape index (κ3) is 3.62. The summed E-state index contributed by atoms with van der Waals surface area (Å²) in [7, 11) is 0. The Kier molecular flexibility index (Phi) is 5.34. The fourth-order valence-electron chi connectivity index (χ4n) is 2.25. The Balaban J connectivity index is 2.52. The number of ether oxygens (including phenoxy) is 1. The first kappa shape index (κ1) is 12.7. The van der Waals surface area contributed by atoms with Gasteiger partial charge < -0.3 is 10.1 Å². The van der Waals surface area contributed by atoms with Crippen LogP contribution < -0.4 is 5.32 Å². The Labute approximate surface area is 94.1 Å². The highest BCUT2D eigenvalue weighted by atomic mass is 16.5. The molecule has 1 rings (SSSR count).